The third kappa shape index (κ3) is 3.96. The topological polar surface area (TPSA) is 55.2 Å². The first-order chi connectivity index (χ1) is 12.5. The number of hydrogen-bond donors (Lipinski definition) is 0. The van der Waals surface area contributed by atoms with E-state index >= 15 is 0 Å². The van der Waals surface area contributed by atoms with E-state index in [0.717, 1.165) is 5.56 Å². The first-order valence-electron chi connectivity index (χ1n) is 8.09. The lowest BCUT2D eigenvalue weighted by Crippen LogP contribution is -2.32. The summed E-state index contributed by atoms with van der Waals surface area (Å²) in [5.41, 5.74) is 1.29. The summed E-state index contributed by atoms with van der Waals surface area (Å²) in [7, 11) is 1.66. The van der Waals surface area contributed by atoms with Crippen molar-refractivity contribution < 1.29 is 9.18 Å². The molecule has 26 heavy (non-hydrogen) atoms. The van der Waals surface area contributed by atoms with E-state index in [2.05, 4.69) is 4.98 Å². The van der Waals surface area contributed by atoms with Gasteiger partial charge in [0, 0.05) is 20.1 Å². The molecule has 5 nitrogen and oxygen atoms in total. The molecular formula is C18H18FN3O2S2. The highest BCUT2D eigenvalue weighted by Gasteiger charge is 2.16. The van der Waals surface area contributed by atoms with Crippen LogP contribution in [-0.4, -0.2) is 32.7 Å². The smallest absolute Gasteiger partial charge is 0.271 e. The highest BCUT2D eigenvalue weighted by Crippen LogP contribution is 2.20. The molecule has 8 heteroatoms. The Morgan fingerprint density at radius 2 is 2.19 bits per heavy atom. The minimum Gasteiger partial charge on any atom is -0.338 e. The van der Waals surface area contributed by atoms with Crippen LogP contribution in [0.5, 0.6) is 0 Å². The third-order valence-corrected chi connectivity index (χ3v) is 5.87. The van der Waals surface area contributed by atoms with Crippen molar-refractivity contribution in [2.75, 3.05) is 12.3 Å². The summed E-state index contributed by atoms with van der Waals surface area (Å²) in [6.45, 7) is 2.75. The molecule has 0 spiro atoms. The van der Waals surface area contributed by atoms with Crippen molar-refractivity contribution in [3.05, 3.63) is 57.4 Å². The van der Waals surface area contributed by atoms with Gasteiger partial charge in [-0.25, -0.2) is 9.37 Å². The average Bonchev–Trinajstić information content (AvgIpc) is 3.10. The van der Waals surface area contributed by atoms with Gasteiger partial charge in [-0.3, -0.25) is 14.2 Å². The monoisotopic (exact) mass is 391 g/mol. The summed E-state index contributed by atoms with van der Waals surface area (Å²) in [4.78, 5) is 31.0. The van der Waals surface area contributed by atoms with Crippen LogP contribution in [0.15, 0.2) is 45.7 Å². The van der Waals surface area contributed by atoms with Crippen LogP contribution in [0.4, 0.5) is 4.39 Å². The molecule has 3 aromatic rings. The maximum absolute atomic E-state index is 13.3. The number of hydrogen-bond acceptors (Lipinski definition) is 5. The number of aromatic nitrogens is 2. The van der Waals surface area contributed by atoms with Crippen LogP contribution in [0.1, 0.15) is 12.5 Å². The van der Waals surface area contributed by atoms with E-state index in [1.54, 1.807) is 30.1 Å². The second-order valence-corrected chi connectivity index (χ2v) is 7.58. The summed E-state index contributed by atoms with van der Waals surface area (Å²) in [6, 6.07) is 8.04. The number of halogens is 1. The fourth-order valence-corrected chi connectivity index (χ4v) is 4.23. The molecule has 0 radical (unpaired) electrons. The lowest BCUT2D eigenvalue weighted by molar-refractivity contribution is -0.128. The van der Waals surface area contributed by atoms with Crippen molar-refractivity contribution in [1.29, 1.82) is 0 Å². The largest absolute Gasteiger partial charge is 0.338 e. The van der Waals surface area contributed by atoms with Crippen LogP contribution in [-0.2, 0) is 18.4 Å². The van der Waals surface area contributed by atoms with Gasteiger partial charge in [0.25, 0.3) is 5.56 Å². The van der Waals surface area contributed by atoms with Gasteiger partial charge >= 0.3 is 0 Å². The number of nitrogens with zero attached hydrogens (tertiary/aromatic N) is 3. The minimum absolute atomic E-state index is 0.0820. The SMILES string of the molecule is CCN(Cc1cccc(F)c1)C(=O)CSc1nc2ccsc2c(=O)n1C. The van der Waals surface area contributed by atoms with Crippen LogP contribution in [0, 0.1) is 5.82 Å². The number of thiophene rings is 1. The van der Waals surface area contributed by atoms with Crippen molar-refractivity contribution in [1.82, 2.24) is 14.5 Å². The van der Waals surface area contributed by atoms with Gasteiger partial charge < -0.3 is 4.90 Å². The van der Waals surface area contributed by atoms with Gasteiger partial charge in [0.05, 0.1) is 11.3 Å². The number of carbonyl (C=O) groups excluding carboxylic acids is 1. The van der Waals surface area contributed by atoms with Crippen LogP contribution in [0.3, 0.4) is 0 Å². The minimum atomic E-state index is -0.316. The Morgan fingerprint density at radius 3 is 2.92 bits per heavy atom. The number of amides is 1. The molecule has 2 aromatic heterocycles. The van der Waals surface area contributed by atoms with E-state index < -0.39 is 0 Å². The molecule has 0 saturated carbocycles. The summed E-state index contributed by atoms with van der Waals surface area (Å²) in [6.07, 6.45) is 0. The lowest BCUT2D eigenvalue weighted by atomic mass is 10.2. The zero-order chi connectivity index (χ0) is 18.7. The Balaban J connectivity index is 1.71. The van der Waals surface area contributed by atoms with Crippen molar-refractivity contribution in [3.8, 4) is 0 Å². The number of thioether (sulfide) groups is 1. The predicted molar refractivity (Wildman–Crippen MR) is 103 cm³/mol. The molecule has 0 aliphatic rings. The molecule has 0 unspecified atom stereocenters. The van der Waals surface area contributed by atoms with Crippen molar-refractivity contribution >= 4 is 39.2 Å². The molecule has 1 aromatic carbocycles. The second kappa shape index (κ2) is 8.01. The van der Waals surface area contributed by atoms with E-state index in [9.17, 15) is 14.0 Å². The molecule has 1 amide bonds. The predicted octanol–water partition coefficient (Wildman–Crippen LogP) is 3.27. The summed E-state index contributed by atoms with van der Waals surface area (Å²) in [5, 5.41) is 2.34. The van der Waals surface area contributed by atoms with Gasteiger partial charge in [-0.2, -0.15) is 0 Å². The molecule has 0 aliphatic carbocycles. The van der Waals surface area contributed by atoms with Gasteiger partial charge in [-0.1, -0.05) is 23.9 Å². The van der Waals surface area contributed by atoms with Gasteiger partial charge in [0.2, 0.25) is 5.91 Å². The fourth-order valence-electron chi connectivity index (χ4n) is 2.55. The lowest BCUT2D eigenvalue weighted by Gasteiger charge is -2.21. The zero-order valence-corrected chi connectivity index (χ0v) is 16.1. The van der Waals surface area contributed by atoms with Crippen molar-refractivity contribution in [2.24, 2.45) is 7.05 Å². The molecule has 0 bridgehead atoms. The second-order valence-electron chi connectivity index (χ2n) is 5.72. The van der Waals surface area contributed by atoms with Gasteiger partial charge in [0.15, 0.2) is 5.16 Å². The van der Waals surface area contributed by atoms with E-state index in [-0.39, 0.29) is 23.0 Å². The Morgan fingerprint density at radius 1 is 1.38 bits per heavy atom. The van der Waals surface area contributed by atoms with E-state index in [0.29, 0.717) is 28.5 Å². The first-order valence-corrected chi connectivity index (χ1v) is 9.95. The maximum atomic E-state index is 13.3. The zero-order valence-electron chi connectivity index (χ0n) is 14.4. The molecule has 0 atom stereocenters. The summed E-state index contributed by atoms with van der Waals surface area (Å²) >= 11 is 2.60. The molecule has 0 fully saturated rings. The molecule has 0 aliphatic heterocycles. The molecule has 3 rings (SSSR count). The Labute approximate surface area is 158 Å². The van der Waals surface area contributed by atoms with Crippen LogP contribution in [0.2, 0.25) is 0 Å². The molecular weight excluding hydrogens is 373 g/mol. The normalized spacial score (nSPS) is 11.0. The van der Waals surface area contributed by atoms with Crippen LogP contribution in [0.25, 0.3) is 10.2 Å². The molecule has 136 valence electrons. The van der Waals surface area contributed by atoms with Gasteiger partial charge in [-0.05, 0) is 36.1 Å². The number of rotatable bonds is 6. The highest BCUT2D eigenvalue weighted by molar-refractivity contribution is 7.99. The van der Waals surface area contributed by atoms with E-state index in [4.69, 9.17) is 0 Å². The third-order valence-electron chi connectivity index (χ3n) is 3.97. The first kappa shape index (κ1) is 18.6. The molecule has 0 saturated heterocycles. The quantitative estimate of drug-likeness (QED) is 0.478. The average molecular weight is 391 g/mol. The van der Waals surface area contributed by atoms with E-state index in [1.165, 1.54) is 39.8 Å². The summed E-state index contributed by atoms with van der Waals surface area (Å²) < 4.78 is 15.4. The van der Waals surface area contributed by atoms with E-state index in [1.807, 2.05) is 12.3 Å². The van der Waals surface area contributed by atoms with Gasteiger partial charge in [0.1, 0.15) is 10.5 Å². The van der Waals surface area contributed by atoms with Gasteiger partial charge in [-0.15, -0.1) is 11.3 Å². The molecule has 2 heterocycles. The number of carbonyl (C=O) groups is 1. The molecule has 0 N–H and O–H groups in total. The van der Waals surface area contributed by atoms with Crippen molar-refractivity contribution in [2.45, 2.75) is 18.6 Å². The summed E-state index contributed by atoms with van der Waals surface area (Å²) in [5.74, 6) is -0.232. The fraction of sp³-hybridized carbons (Fsp3) is 0.278. The van der Waals surface area contributed by atoms with Crippen LogP contribution >= 0.6 is 23.1 Å². The number of benzene rings is 1. The maximum Gasteiger partial charge on any atom is 0.271 e. The Kier molecular flexibility index (Phi) is 5.73. The van der Waals surface area contributed by atoms with Crippen LogP contribution < -0.4 is 5.56 Å². The standard InChI is InChI=1S/C18H18FN3O2S2/c1-3-22(10-12-5-4-6-13(19)9-12)15(23)11-26-18-20-14-7-8-25-16(14)17(24)21(18)2/h4-9H,3,10-11H2,1-2H3. The van der Waals surface area contributed by atoms with Crippen molar-refractivity contribution in [3.63, 3.8) is 0 Å². The highest BCUT2D eigenvalue weighted by atomic mass is 32.2. The number of fused-ring (bicyclic) bond motifs is 1. The Hall–Kier alpha value is -2.19. The Bertz CT molecular complexity index is 1000.